The van der Waals surface area contributed by atoms with Gasteiger partial charge in [0.05, 0.1) is 12.6 Å². The van der Waals surface area contributed by atoms with Gasteiger partial charge in [0.1, 0.15) is 40.8 Å². The molecule has 0 unspecified atom stereocenters. The van der Waals surface area contributed by atoms with Gasteiger partial charge in [-0.1, -0.05) is 0 Å². The van der Waals surface area contributed by atoms with E-state index >= 15 is 0 Å². The number of hydrogen-bond donors (Lipinski definition) is 2. The molecule has 0 fully saturated rings. The molecule has 10 nitrogen and oxygen atoms in total. The molecular weight excluding hydrogens is 454 g/mol. The first-order chi connectivity index (χ1) is 16.5. The van der Waals surface area contributed by atoms with Crippen molar-refractivity contribution < 1.29 is 34.1 Å². The molecule has 1 aliphatic heterocycles. The van der Waals surface area contributed by atoms with Gasteiger partial charge in [0.25, 0.3) is 5.91 Å². The van der Waals surface area contributed by atoms with Gasteiger partial charge in [-0.15, -0.1) is 0 Å². The van der Waals surface area contributed by atoms with Crippen LogP contribution in [0.2, 0.25) is 0 Å². The van der Waals surface area contributed by atoms with Crippen LogP contribution < -0.4 is 9.47 Å². The van der Waals surface area contributed by atoms with Crippen molar-refractivity contribution in [1.82, 2.24) is 14.4 Å². The number of fused-ring (bicyclic) bond motifs is 2. The Labute approximate surface area is 201 Å². The van der Waals surface area contributed by atoms with Gasteiger partial charge in [-0.05, 0) is 24.3 Å². The minimum absolute atomic E-state index is 0.00309. The Hall–Kier alpha value is -4.47. The predicted molar refractivity (Wildman–Crippen MR) is 128 cm³/mol. The molecular formula is C25H25N3O7. The molecule has 182 valence electrons. The molecule has 2 heterocycles. The van der Waals surface area contributed by atoms with Crippen LogP contribution in [0.5, 0.6) is 23.0 Å². The number of phenols is 2. The van der Waals surface area contributed by atoms with Crippen LogP contribution in [-0.2, 0) is 11.3 Å². The summed E-state index contributed by atoms with van der Waals surface area (Å²) in [6, 6.07) is 7.44. The molecule has 35 heavy (non-hydrogen) atoms. The molecule has 0 atom stereocenters. The molecule has 2 amide bonds. The molecule has 10 heteroatoms. The number of aromatic hydroxyl groups is 2. The normalized spacial score (nSPS) is 13.6. The number of benzene rings is 2. The topological polar surface area (TPSA) is 122 Å². The minimum atomic E-state index is -0.603. The number of aromatic nitrogens is 1. The van der Waals surface area contributed by atoms with Crippen molar-refractivity contribution in [2.45, 2.75) is 6.54 Å². The first-order valence-electron chi connectivity index (χ1n) is 10.7. The summed E-state index contributed by atoms with van der Waals surface area (Å²) in [6.07, 6.45) is 1.41. The van der Waals surface area contributed by atoms with Crippen molar-refractivity contribution in [2.24, 2.45) is 0 Å². The lowest BCUT2D eigenvalue weighted by Crippen LogP contribution is -2.30. The Bertz CT molecular complexity index is 1420. The quantitative estimate of drug-likeness (QED) is 0.539. The number of methoxy groups -OCH3 is 1. The summed E-state index contributed by atoms with van der Waals surface area (Å²) in [4.78, 5) is 41.9. The van der Waals surface area contributed by atoms with Crippen molar-refractivity contribution >= 4 is 34.6 Å². The standard InChI is InChI=1S/C25H25N3O7/c1-26(2)21(31)12-28-17-7-6-14(34-5)10-15(17)16(23(28)25(33)27(3)4)11-20-24(32)22-18(30)8-13(29)9-19(22)35-20/h6-11,29-30H,12H2,1-5H3. The highest BCUT2D eigenvalue weighted by atomic mass is 16.5. The number of ether oxygens (including phenoxy) is 2. The zero-order valence-electron chi connectivity index (χ0n) is 19.9. The van der Waals surface area contributed by atoms with Crippen LogP contribution >= 0.6 is 0 Å². The number of ketones is 1. The smallest absolute Gasteiger partial charge is 0.270 e. The van der Waals surface area contributed by atoms with Gasteiger partial charge in [-0.2, -0.15) is 0 Å². The fourth-order valence-electron chi connectivity index (χ4n) is 3.93. The van der Waals surface area contributed by atoms with Crippen LogP contribution in [0.25, 0.3) is 17.0 Å². The summed E-state index contributed by atoms with van der Waals surface area (Å²) < 4.78 is 12.6. The number of carbonyl (C=O) groups excluding carboxylic acids is 3. The molecule has 0 aliphatic carbocycles. The molecule has 0 saturated carbocycles. The summed E-state index contributed by atoms with van der Waals surface area (Å²) in [6.45, 7) is -0.113. The SMILES string of the molecule is COc1ccc2c(c1)c(C=C1Oc3cc(O)cc(O)c3C1=O)c(C(=O)N(C)C)n2CC(=O)N(C)C. The minimum Gasteiger partial charge on any atom is -0.508 e. The molecule has 3 aromatic rings. The van der Waals surface area contributed by atoms with Gasteiger partial charge < -0.3 is 34.1 Å². The molecule has 1 aliphatic rings. The predicted octanol–water partition coefficient (Wildman–Crippen LogP) is 2.47. The third-order valence-electron chi connectivity index (χ3n) is 5.72. The van der Waals surface area contributed by atoms with Crippen LogP contribution in [-0.4, -0.2) is 77.5 Å². The summed E-state index contributed by atoms with van der Waals surface area (Å²) in [5.74, 6) is -1.53. The van der Waals surface area contributed by atoms with E-state index in [1.807, 2.05) is 0 Å². The van der Waals surface area contributed by atoms with E-state index in [0.29, 0.717) is 22.2 Å². The molecule has 4 rings (SSSR count). The van der Waals surface area contributed by atoms with Crippen LogP contribution in [0.4, 0.5) is 0 Å². The van der Waals surface area contributed by atoms with Gasteiger partial charge in [-0.25, -0.2) is 0 Å². The second-order valence-electron chi connectivity index (χ2n) is 8.50. The average Bonchev–Trinajstić information content (AvgIpc) is 3.27. The monoisotopic (exact) mass is 479 g/mol. The zero-order chi connectivity index (χ0) is 25.6. The number of nitrogens with zero attached hydrogens (tertiary/aromatic N) is 3. The largest absolute Gasteiger partial charge is 0.508 e. The van der Waals surface area contributed by atoms with Crippen LogP contribution in [0.15, 0.2) is 36.1 Å². The Morgan fingerprint density at radius 1 is 1.09 bits per heavy atom. The third-order valence-corrected chi connectivity index (χ3v) is 5.72. The first kappa shape index (κ1) is 23.7. The number of amides is 2. The van der Waals surface area contributed by atoms with E-state index in [0.717, 1.165) is 6.07 Å². The highest BCUT2D eigenvalue weighted by Crippen LogP contribution is 2.41. The molecule has 0 bridgehead atoms. The van der Waals surface area contributed by atoms with Crippen molar-refractivity contribution in [3.05, 3.63) is 52.9 Å². The Morgan fingerprint density at radius 3 is 2.43 bits per heavy atom. The maximum Gasteiger partial charge on any atom is 0.270 e. The Morgan fingerprint density at radius 2 is 1.80 bits per heavy atom. The lowest BCUT2D eigenvalue weighted by atomic mass is 10.1. The van der Waals surface area contributed by atoms with Crippen LogP contribution in [0.1, 0.15) is 26.4 Å². The number of allylic oxidation sites excluding steroid dienone is 1. The molecule has 2 N–H and O–H groups in total. The number of likely N-dealkylation sites (N-methyl/N-ethyl adjacent to an activating group) is 1. The van der Waals surface area contributed by atoms with Gasteiger partial charge in [0, 0.05) is 51.3 Å². The van der Waals surface area contributed by atoms with Crippen LogP contribution in [0.3, 0.4) is 0 Å². The number of carbonyl (C=O) groups is 3. The van der Waals surface area contributed by atoms with Crippen molar-refractivity contribution in [3.63, 3.8) is 0 Å². The number of rotatable bonds is 5. The van der Waals surface area contributed by atoms with Crippen molar-refractivity contribution in [2.75, 3.05) is 35.3 Å². The maximum atomic E-state index is 13.4. The van der Waals surface area contributed by atoms with Crippen LogP contribution in [0, 0.1) is 0 Å². The highest BCUT2D eigenvalue weighted by molar-refractivity contribution is 6.18. The lowest BCUT2D eigenvalue weighted by Gasteiger charge is -2.17. The molecule has 0 saturated heterocycles. The second-order valence-corrected chi connectivity index (χ2v) is 8.50. The summed E-state index contributed by atoms with van der Waals surface area (Å²) in [5, 5.41) is 20.5. The Kier molecular flexibility index (Phi) is 5.89. The van der Waals surface area contributed by atoms with Crippen molar-refractivity contribution in [3.8, 4) is 23.0 Å². The van der Waals surface area contributed by atoms with E-state index in [2.05, 4.69) is 0 Å². The van der Waals surface area contributed by atoms with E-state index in [1.165, 1.54) is 29.1 Å². The Balaban J connectivity index is 2.00. The van der Waals surface area contributed by atoms with Crippen molar-refractivity contribution in [1.29, 1.82) is 0 Å². The highest BCUT2D eigenvalue weighted by Gasteiger charge is 2.33. The third kappa shape index (κ3) is 4.03. The van der Waals surface area contributed by atoms with E-state index < -0.39 is 11.5 Å². The van der Waals surface area contributed by atoms with E-state index in [9.17, 15) is 24.6 Å². The fourth-order valence-corrected chi connectivity index (χ4v) is 3.93. The fraction of sp³-hybridized carbons (Fsp3) is 0.240. The van der Waals surface area contributed by atoms with Gasteiger partial charge in [-0.3, -0.25) is 14.4 Å². The van der Waals surface area contributed by atoms with E-state index in [-0.39, 0.29) is 46.9 Å². The van der Waals surface area contributed by atoms with E-state index in [4.69, 9.17) is 9.47 Å². The number of Topliss-reactive ketones (excluding diaryl/α,β-unsaturated/α-hetero) is 1. The number of hydrogen-bond acceptors (Lipinski definition) is 7. The van der Waals surface area contributed by atoms with Gasteiger partial charge >= 0.3 is 0 Å². The number of phenolic OH excluding ortho intramolecular Hbond substituents is 2. The van der Waals surface area contributed by atoms with Gasteiger partial charge in [0.2, 0.25) is 11.7 Å². The summed E-state index contributed by atoms with van der Waals surface area (Å²) in [7, 11) is 7.93. The maximum absolute atomic E-state index is 13.4. The van der Waals surface area contributed by atoms with E-state index in [1.54, 1.807) is 51.0 Å². The zero-order valence-corrected chi connectivity index (χ0v) is 19.9. The lowest BCUT2D eigenvalue weighted by molar-refractivity contribution is -0.129. The molecule has 2 aromatic carbocycles. The molecule has 0 spiro atoms. The molecule has 0 radical (unpaired) electrons. The van der Waals surface area contributed by atoms with Gasteiger partial charge in [0.15, 0.2) is 5.76 Å². The summed E-state index contributed by atoms with van der Waals surface area (Å²) >= 11 is 0. The summed E-state index contributed by atoms with van der Waals surface area (Å²) in [5.41, 5.74) is 1.03. The first-order valence-corrected chi connectivity index (χ1v) is 10.7. The average molecular weight is 479 g/mol. The second kappa shape index (κ2) is 8.71. The molecule has 1 aromatic heterocycles.